The highest BCUT2D eigenvalue weighted by Crippen LogP contribution is 2.14. The summed E-state index contributed by atoms with van der Waals surface area (Å²) in [4.78, 5) is 6.58. The number of nitrogens with zero attached hydrogens (tertiary/aromatic N) is 5. The van der Waals surface area contributed by atoms with Gasteiger partial charge in [0, 0.05) is 33.6 Å². The Bertz CT molecular complexity index is 534. The van der Waals surface area contributed by atoms with Crippen LogP contribution in [0.15, 0.2) is 17.6 Å². The molecule has 0 aliphatic carbocycles. The number of unbranched alkanes of at least 4 members (excludes halogenated alkanes) is 3. The molecule has 0 saturated carbocycles. The van der Waals surface area contributed by atoms with Gasteiger partial charge >= 0.3 is 0 Å². The number of aromatic nitrogens is 3. The van der Waals surface area contributed by atoms with Crippen LogP contribution in [0.1, 0.15) is 56.6 Å². The maximum atomic E-state index is 4.39. The molecule has 0 atom stereocenters. The summed E-state index contributed by atoms with van der Waals surface area (Å²) in [6, 6.07) is 0. The number of hydrogen-bond acceptors (Lipinski definition) is 3. The third kappa shape index (κ3) is 5.35. The fourth-order valence-corrected chi connectivity index (χ4v) is 3.14. The Morgan fingerprint density at radius 3 is 2.96 bits per heavy atom. The van der Waals surface area contributed by atoms with Crippen LogP contribution in [0.5, 0.6) is 0 Å². The lowest BCUT2D eigenvalue weighted by molar-refractivity contribution is 0.453. The Hall–Kier alpha value is -1.85. The van der Waals surface area contributed by atoms with Crippen LogP contribution in [0, 0.1) is 0 Å². The van der Waals surface area contributed by atoms with Crippen molar-refractivity contribution in [3.63, 3.8) is 0 Å². The fraction of sp³-hybridized carbons (Fsp3) is 0.722. The molecule has 0 unspecified atom stereocenters. The summed E-state index contributed by atoms with van der Waals surface area (Å²) < 4.78 is 2.28. The summed E-state index contributed by atoms with van der Waals surface area (Å²) in [5.41, 5.74) is 0. The van der Waals surface area contributed by atoms with Gasteiger partial charge in [-0.15, -0.1) is 16.8 Å². The van der Waals surface area contributed by atoms with Gasteiger partial charge in [0.25, 0.3) is 0 Å². The van der Waals surface area contributed by atoms with Crippen LogP contribution in [0.2, 0.25) is 0 Å². The highest BCUT2D eigenvalue weighted by Gasteiger charge is 2.15. The van der Waals surface area contributed by atoms with E-state index in [4.69, 9.17) is 0 Å². The number of hydrogen-bond donors (Lipinski definition) is 1. The van der Waals surface area contributed by atoms with Crippen molar-refractivity contribution in [1.82, 2.24) is 25.0 Å². The third-order valence-corrected chi connectivity index (χ3v) is 4.57. The van der Waals surface area contributed by atoms with Crippen LogP contribution in [-0.2, 0) is 19.5 Å². The van der Waals surface area contributed by atoms with Crippen molar-refractivity contribution in [2.75, 3.05) is 20.6 Å². The van der Waals surface area contributed by atoms with Gasteiger partial charge in [-0.05, 0) is 32.1 Å². The predicted molar refractivity (Wildman–Crippen MR) is 99.1 cm³/mol. The smallest absolute Gasteiger partial charge is 0.193 e. The number of rotatable bonds is 8. The minimum atomic E-state index is 0.681. The van der Waals surface area contributed by atoms with Crippen molar-refractivity contribution in [3.8, 4) is 0 Å². The summed E-state index contributed by atoms with van der Waals surface area (Å²) in [5, 5.41) is 12.2. The third-order valence-electron chi connectivity index (χ3n) is 4.57. The van der Waals surface area contributed by atoms with E-state index in [1.807, 2.05) is 13.1 Å². The molecule has 6 nitrogen and oxygen atoms in total. The van der Waals surface area contributed by atoms with Crippen LogP contribution >= 0.6 is 0 Å². The van der Waals surface area contributed by atoms with Crippen LogP contribution in [0.4, 0.5) is 0 Å². The van der Waals surface area contributed by atoms with Gasteiger partial charge in [-0.25, -0.2) is 0 Å². The van der Waals surface area contributed by atoms with Gasteiger partial charge in [0.1, 0.15) is 5.82 Å². The Kier molecular flexibility index (Phi) is 7.79. The van der Waals surface area contributed by atoms with Crippen molar-refractivity contribution in [3.05, 3.63) is 24.3 Å². The molecule has 2 rings (SSSR count). The van der Waals surface area contributed by atoms with Crippen molar-refractivity contribution in [2.45, 2.75) is 64.5 Å². The molecule has 1 aromatic heterocycles. The topological polar surface area (TPSA) is 58.3 Å². The van der Waals surface area contributed by atoms with E-state index in [1.165, 1.54) is 38.5 Å². The minimum Gasteiger partial charge on any atom is -0.349 e. The molecule has 1 aliphatic rings. The molecule has 1 aliphatic heterocycles. The standard InChI is InChI=1S/C18H32N6/c1-4-5-6-7-10-13-23(3)18(19-2)20-15-17-22-21-16-12-9-8-11-14-24(16)17/h4H,1,5-15H2,2-3H3,(H,19,20). The van der Waals surface area contributed by atoms with Gasteiger partial charge in [0.2, 0.25) is 0 Å². The summed E-state index contributed by atoms with van der Waals surface area (Å²) in [6.07, 6.45) is 11.5. The average Bonchev–Trinajstić information content (AvgIpc) is 2.82. The van der Waals surface area contributed by atoms with E-state index in [0.717, 1.165) is 43.5 Å². The summed E-state index contributed by atoms with van der Waals surface area (Å²) in [6.45, 7) is 6.50. The van der Waals surface area contributed by atoms with Gasteiger partial charge in [-0.3, -0.25) is 4.99 Å². The summed E-state index contributed by atoms with van der Waals surface area (Å²) >= 11 is 0. The number of aliphatic imine (C=N–C) groups is 1. The number of fused-ring (bicyclic) bond motifs is 1. The molecule has 0 fully saturated rings. The Labute approximate surface area is 146 Å². The van der Waals surface area contributed by atoms with Gasteiger partial charge in [0.15, 0.2) is 11.8 Å². The highest BCUT2D eigenvalue weighted by molar-refractivity contribution is 5.79. The molecular weight excluding hydrogens is 300 g/mol. The second-order valence-electron chi connectivity index (χ2n) is 6.46. The van der Waals surface area contributed by atoms with E-state index < -0.39 is 0 Å². The Morgan fingerprint density at radius 1 is 1.29 bits per heavy atom. The molecule has 0 spiro atoms. The average molecular weight is 332 g/mol. The molecular formula is C18H32N6. The van der Waals surface area contributed by atoms with Crippen LogP contribution in [-0.4, -0.2) is 46.3 Å². The molecule has 2 heterocycles. The largest absolute Gasteiger partial charge is 0.349 e. The van der Waals surface area contributed by atoms with E-state index >= 15 is 0 Å². The summed E-state index contributed by atoms with van der Waals surface area (Å²) in [5.74, 6) is 3.08. The summed E-state index contributed by atoms with van der Waals surface area (Å²) in [7, 11) is 3.92. The molecule has 1 N–H and O–H groups in total. The monoisotopic (exact) mass is 332 g/mol. The fourth-order valence-electron chi connectivity index (χ4n) is 3.14. The highest BCUT2D eigenvalue weighted by atomic mass is 15.3. The maximum absolute atomic E-state index is 4.39. The Balaban J connectivity index is 1.81. The number of guanidine groups is 1. The predicted octanol–water partition coefficient (Wildman–Crippen LogP) is 2.76. The zero-order chi connectivity index (χ0) is 17.2. The quantitative estimate of drug-likeness (QED) is 0.344. The van der Waals surface area contributed by atoms with E-state index in [0.29, 0.717) is 6.54 Å². The zero-order valence-corrected chi connectivity index (χ0v) is 15.3. The zero-order valence-electron chi connectivity index (χ0n) is 15.3. The first-order valence-electron chi connectivity index (χ1n) is 9.20. The molecule has 0 amide bonds. The van der Waals surface area contributed by atoms with Gasteiger partial charge < -0.3 is 14.8 Å². The number of aryl methyl sites for hydroxylation is 1. The van der Waals surface area contributed by atoms with E-state index in [9.17, 15) is 0 Å². The van der Waals surface area contributed by atoms with Gasteiger partial charge in [0.05, 0.1) is 6.54 Å². The van der Waals surface area contributed by atoms with Crippen molar-refractivity contribution < 1.29 is 0 Å². The molecule has 0 aromatic carbocycles. The first-order valence-corrected chi connectivity index (χ1v) is 9.20. The molecule has 0 radical (unpaired) electrons. The van der Waals surface area contributed by atoms with Crippen LogP contribution < -0.4 is 5.32 Å². The Morgan fingerprint density at radius 2 is 2.17 bits per heavy atom. The molecule has 6 heteroatoms. The second kappa shape index (κ2) is 10.1. The van der Waals surface area contributed by atoms with Gasteiger partial charge in [-0.1, -0.05) is 18.9 Å². The molecule has 0 bridgehead atoms. The minimum absolute atomic E-state index is 0.681. The lowest BCUT2D eigenvalue weighted by atomic mass is 10.2. The SMILES string of the molecule is C=CCCCCCN(C)C(=NC)NCc1nnc2n1CCCCC2. The number of nitrogens with one attached hydrogen (secondary N) is 1. The van der Waals surface area contributed by atoms with Crippen LogP contribution in [0.3, 0.4) is 0 Å². The second-order valence-corrected chi connectivity index (χ2v) is 6.46. The molecule has 24 heavy (non-hydrogen) atoms. The van der Waals surface area contributed by atoms with E-state index in [-0.39, 0.29) is 0 Å². The van der Waals surface area contributed by atoms with Crippen molar-refractivity contribution in [1.29, 1.82) is 0 Å². The van der Waals surface area contributed by atoms with Crippen LogP contribution in [0.25, 0.3) is 0 Å². The lowest BCUT2D eigenvalue weighted by Crippen LogP contribution is -2.39. The van der Waals surface area contributed by atoms with E-state index in [1.54, 1.807) is 0 Å². The normalized spacial score (nSPS) is 14.8. The van der Waals surface area contributed by atoms with Crippen molar-refractivity contribution >= 4 is 5.96 Å². The van der Waals surface area contributed by atoms with Crippen molar-refractivity contribution in [2.24, 2.45) is 4.99 Å². The maximum Gasteiger partial charge on any atom is 0.193 e. The first-order chi connectivity index (χ1) is 11.8. The van der Waals surface area contributed by atoms with Gasteiger partial charge in [-0.2, -0.15) is 0 Å². The molecule has 1 aromatic rings. The van der Waals surface area contributed by atoms with E-state index in [2.05, 4.69) is 43.6 Å². The lowest BCUT2D eigenvalue weighted by Gasteiger charge is -2.22. The first kappa shape index (κ1) is 18.5. The molecule has 134 valence electrons. The molecule has 0 saturated heterocycles. The number of allylic oxidation sites excluding steroid dienone is 1.